The van der Waals surface area contributed by atoms with Crippen LogP contribution in [0.25, 0.3) is 17.1 Å². The first-order valence-corrected chi connectivity index (χ1v) is 10.0. The second-order valence-corrected chi connectivity index (χ2v) is 7.62. The van der Waals surface area contributed by atoms with Crippen LogP contribution in [0.4, 0.5) is 11.4 Å². The van der Waals surface area contributed by atoms with E-state index in [1.807, 2.05) is 49.4 Å². The fourth-order valence-corrected chi connectivity index (χ4v) is 3.88. The van der Waals surface area contributed by atoms with Gasteiger partial charge in [0.05, 0.1) is 16.9 Å². The van der Waals surface area contributed by atoms with Gasteiger partial charge in [0.1, 0.15) is 11.6 Å². The van der Waals surface area contributed by atoms with Crippen molar-refractivity contribution in [1.29, 1.82) is 0 Å². The lowest BCUT2D eigenvalue weighted by Crippen LogP contribution is -2.19. The molecule has 0 fully saturated rings. The number of hydrogen-bond acceptors (Lipinski definition) is 6. The van der Waals surface area contributed by atoms with Gasteiger partial charge in [-0.1, -0.05) is 11.6 Å². The fraction of sp³-hybridized carbons (Fsp3) is 0.136. The Morgan fingerprint density at radius 2 is 1.77 bits per heavy atom. The van der Waals surface area contributed by atoms with E-state index in [-0.39, 0.29) is 5.56 Å². The van der Waals surface area contributed by atoms with E-state index in [0.717, 1.165) is 40.7 Å². The number of hydrogen-bond donors (Lipinski definition) is 1. The minimum atomic E-state index is -1.06. The minimum Gasteiger partial charge on any atom is -0.478 e. The Bertz CT molecular complexity index is 1280. The number of aryl methyl sites for hydroxylation is 1. The summed E-state index contributed by atoms with van der Waals surface area (Å²) in [5.74, 6) is 1.10. The molecule has 1 N–H and O–H groups in total. The Labute approximate surface area is 182 Å². The highest BCUT2D eigenvalue weighted by molar-refractivity contribution is 6.30. The van der Waals surface area contributed by atoms with Crippen LogP contribution in [0.15, 0.2) is 54.9 Å². The van der Waals surface area contributed by atoms with E-state index in [2.05, 4.69) is 29.6 Å². The zero-order valence-electron chi connectivity index (χ0n) is 16.5. The highest BCUT2D eigenvalue weighted by Crippen LogP contribution is 2.37. The molecule has 2 aromatic heterocycles. The predicted octanol–water partition coefficient (Wildman–Crippen LogP) is 4.08. The summed E-state index contributed by atoms with van der Waals surface area (Å²) >= 11 is 6.10. The van der Waals surface area contributed by atoms with Crippen molar-refractivity contribution in [3.8, 4) is 17.1 Å². The summed E-state index contributed by atoms with van der Waals surface area (Å²) in [7, 11) is 0. The summed E-state index contributed by atoms with van der Waals surface area (Å²) in [6.07, 6.45) is 3.35. The predicted molar refractivity (Wildman–Crippen MR) is 116 cm³/mol. The second kappa shape index (κ2) is 7.48. The topological polar surface area (TPSA) is 97.0 Å². The first-order valence-electron chi connectivity index (χ1n) is 9.65. The molecule has 31 heavy (non-hydrogen) atoms. The van der Waals surface area contributed by atoms with Gasteiger partial charge in [0.15, 0.2) is 5.82 Å². The summed E-state index contributed by atoms with van der Waals surface area (Å²) in [6.45, 7) is 2.63. The second-order valence-electron chi connectivity index (χ2n) is 7.18. The van der Waals surface area contributed by atoms with Crippen molar-refractivity contribution in [3.05, 3.63) is 77.1 Å². The number of fused-ring (bicyclic) bond motifs is 3. The van der Waals surface area contributed by atoms with Gasteiger partial charge >= 0.3 is 5.97 Å². The van der Waals surface area contributed by atoms with E-state index in [4.69, 9.17) is 16.7 Å². The Balaban J connectivity index is 1.67. The van der Waals surface area contributed by atoms with Gasteiger partial charge in [-0.3, -0.25) is 4.57 Å². The van der Waals surface area contributed by atoms with E-state index >= 15 is 0 Å². The normalized spacial score (nSPS) is 12.8. The fourth-order valence-electron chi connectivity index (χ4n) is 3.76. The minimum absolute atomic E-state index is 0.0473. The first kappa shape index (κ1) is 19.2. The third-order valence-corrected chi connectivity index (χ3v) is 5.51. The number of halogens is 1. The monoisotopic (exact) mass is 432 g/mol. The molecule has 1 aliphatic rings. The van der Waals surface area contributed by atoms with E-state index in [1.165, 1.54) is 12.4 Å². The molecular weight excluding hydrogens is 416 g/mol. The molecule has 0 saturated carbocycles. The highest BCUT2D eigenvalue weighted by Gasteiger charge is 2.24. The van der Waals surface area contributed by atoms with Crippen molar-refractivity contribution >= 4 is 28.9 Å². The van der Waals surface area contributed by atoms with Crippen molar-refractivity contribution in [2.24, 2.45) is 0 Å². The van der Waals surface area contributed by atoms with Gasteiger partial charge in [-0.15, -0.1) is 10.2 Å². The van der Waals surface area contributed by atoms with Gasteiger partial charge in [0, 0.05) is 41.6 Å². The van der Waals surface area contributed by atoms with Crippen LogP contribution in [-0.2, 0) is 6.42 Å². The molecule has 3 heterocycles. The van der Waals surface area contributed by atoms with Gasteiger partial charge in [-0.2, -0.15) is 0 Å². The summed E-state index contributed by atoms with van der Waals surface area (Å²) in [4.78, 5) is 21.8. The van der Waals surface area contributed by atoms with Crippen molar-refractivity contribution < 1.29 is 9.90 Å². The van der Waals surface area contributed by atoms with Crippen LogP contribution in [0.3, 0.4) is 0 Å². The lowest BCUT2D eigenvalue weighted by Gasteiger charge is -2.25. The Hall–Kier alpha value is -3.78. The molecule has 0 radical (unpaired) electrons. The van der Waals surface area contributed by atoms with E-state index < -0.39 is 5.97 Å². The summed E-state index contributed by atoms with van der Waals surface area (Å²) in [5, 5.41) is 18.4. The molecule has 0 bridgehead atoms. The standard InChI is InChI=1S/C22H17ClN6O2/c1-13-26-27-20-8-9-28(17-5-3-16(23)4-6-17)19-10-14(2-7-18(19)29(13)20)21-24-11-15(12-25-21)22(30)31/h2-7,10-12H,8-9H2,1H3,(H,30,31). The van der Waals surface area contributed by atoms with Crippen LogP contribution in [0.5, 0.6) is 0 Å². The zero-order valence-corrected chi connectivity index (χ0v) is 17.3. The van der Waals surface area contributed by atoms with Gasteiger partial charge in [-0.25, -0.2) is 14.8 Å². The Kier molecular flexibility index (Phi) is 4.63. The van der Waals surface area contributed by atoms with Crippen LogP contribution in [-0.4, -0.2) is 42.4 Å². The quantitative estimate of drug-likeness (QED) is 0.521. The van der Waals surface area contributed by atoms with Crippen molar-refractivity contribution in [2.75, 3.05) is 11.4 Å². The van der Waals surface area contributed by atoms with Gasteiger partial charge in [-0.05, 0) is 49.4 Å². The molecule has 0 saturated heterocycles. The SMILES string of the molecule is Cc1nnc2n1-c1ccc(-c3ncc(C(=O)O)cn3)cc1N(c1ccc(Cl)cc1)CC2. The molecule has 0 aliphatic carbocycles. The van der Waals surface area contributed by atoms with Crippen molar-refractivity contribution in [2.45, 2.75) is 13.3 Å². The molecule has 0 amide bonds. The van der Waals surface area contributed by atoms with E-state index in [1.54, 1.807) is 0 Å². The van der Waals surface area contributed by atoms with Gasteiger partial charge < -0.3 is 10.0 Å². The van der Waals surface area contributed by atoms with Gasteiger partial charge in [0.2, 0.25) is 0 Å². The van der Waals surface area contributed by atoms with Crippen molar-refractivity contribution in [1.82, 2.24) is 24.7 Å². The third-order valence-electron chi connectivity index (χ3n) is 5.25. The number of rotatable bonds is 3. The smallest absolute Gasteiger partial charge is 0.338 e. The van der Waals surface area contributed by atoms with E-state index in [9.17, 15) is 4.79 Å². The number of carbonyl (C=O) groups is 1. The molecule has 4 aromatic rings. The Morgan fingerprint density at radius 3 is 2.48 bits per heavy atom. The lowest BCUT2D eigenvalue weighted by atomic mass is 10.1. The van der Waals surface area contributed by atoms with E-state index in [0.29, 0.717) is 17.4 Å². The third kappa shape index (κ3) is 3.40. The molecule has 1 aliphatic heterocycles. The molecule has 0 atom stereocenters. The number of carboxylic acid groups (broad SMARTS) is 1. The maximum Gasteiger partial charge on any atom is 0.338 e. The van der Waals surface area contributed by atoms with Crippen LogP contribution in [0.2, 0.25) is 5.02 Å². The number of aromatic carboxylic acids is 1. The largest absolute Gasteiger partial charge is 0.478 e. The molecule has 9 heteroatoms. The molecule has 0 unspecified atom stereocenters. The lowest BCUT2D eigenvalue weighted by molar-refractivity contribution is 0.0696. The van der Waals surface area contributed by atoms with Crippen LogP contribution in [0, 0.1) is 6.92 Å². The number of benzene rings is 2. The molecule has 2 aromatic carbocycles. The number of anilines is 2. The number of nitrogens with zero attached hydrogens (tertiary/aromatic N) is 6. The maximum absolute atomic E-state index is 11.1. The number of carboxylic acids is 1. The van der Waals surface area contributed by atoms with Crippen LogP contribution >= 0.6 is 11.6 Å². The average Bonchev–Trinajstić information content (AvgIpc) is 3.06. The molecule has 0 spiro atoms. The summed E-state index contributed by atoms with van der Waals surface area (Å²) in [6, 6.07) is 13.6. The van der Waals surface area contributed by atoms with Crippen LogP contribution in [0.1, 0.15) is 22.0 Å². The zero-order chi connectivity index (χ0) is 21.5. The Morgan fingerprint density at radius 1 is 1.03 bits per heavy atom. The highest BCUT2D eigenvalue weighted by atomic mass is 35.5. The maximum atomic E-state index is 11.1. The summed E-state index contributed by atoms with van der Waals surface area (Å²) in [5.41, 5.74) is 3.74. The number of aromatic nitrogens is 5. The van der Waals surface area contributed by atoms with Crippen LogP contribution < -0.4 is 4.90 Å². The van der Waals surface area contributed by atoms with Crippen molar-refractivity contribution in [3.63, 3.8) is 0 Å². The molecule has 8 nitrogen and oxygen atoms in total. The first-order chi connectivity index (χ1) is 15.0. The van der Waals surface area contributed by atoms with Gasteiger partial charge in [0.25, 0.3) is 0 Å². The average molecular weight is 433 g/mol. The molecular formula is C22H17ClN6O2. The summed E-state index contributed by atoms with van der Waals surface area (Å²) < 4.78 is 2.06. The molecule has 154 valence electrons. The molecule has 5 rings (SSSR count).